The van der Waals surface area contributed by atoms with Crippen LogP contribution in [0.4, 0.5) is 24.7 Å². The number of nitrogens with zero attached hydrogens (tertiary/aromatic N) is 3. The largest absolute Gasteiger partial charge is 0.417 e. The summed E-state index contributed by atoms with van der Waals surface area (Å²) >= 11 is 0. The first-order valence-corrected chi connectivity index (χ1v) is 8.92. The van der Waals surface area contributed by atoms with Crippen molar-refractivity contribution in [3.63, 3.8) is 0 Å². The van der Waals surface area contributed by atoms with E-state index in [0.29, 0.717) is 22.0 Å². The minimum atomic E-state index is -4.47. The van der Waals surface area contributed by atoms with E-state index >= 15 is 0 Å². The first kappa shape index (κ1) is 17.7. The third-order valence-corrected chi connectivity index (χ3v) is 5.72. The summed E-state index contributed by atoms with van der Waals surface area (Å²) in [5, 5.41) is 3.11. The van der Waals surface area contributed by atoms with E-state index in [-0.39, 0.29) is 5.69 Å². The molecule has 1 aliphatic rings. The zero-order valence-corrected chi connectivity index (χ0v) is 14.7. The van der Waals surface area contributed by atoms with Crippen molar-refractivity contribution >= 4 is 22.3 Å². The standard InChI is InChI=1S/C16H17F3N4OS/c1-4-25(24)13-9-20-6-5-11(13)15(2)22-12-7-10(16(17,18)19)8-21-14(12)23(15)3/h5-9,22H,4H2,1-3H3. The molecule has 0 spiro atoms. The van der Waals surface area contributed by atoms with E-state index < -0.39 is 28.2 Å². The molecule has 5 nitrogen and oxygen atoms in total. The highest BCUT2D eigenvalue weighted by atomic mass is 32.2. The van der Waals surface area contributed by atoms with E-state index in [4.69, 9.17) is 0 Å². The Morgan fingerprint density at radius 3 is 2.72 bits per heavy atom. The summed E-state index contributed by atoms with van der Waals surface area (Å²) in [5.41, 5.74) is -0.729. The molecule has 2 aromatic heterocycles. The molecule has 3 rings (SSSR count). The molecule has 2 unspecified atom stereocenters. The van der Waals surface area contributed by atoms with E-state index in [1.165, 1.54) is 6.20 Å². The molecule has 2 aromatic rings. The van der Waals surface area contributed by atoms with E-state index in [0.717, 1.165) is 12.3 Å². The van der Waals surface area contributed by atoms with Crippen LogP contribution in [0.25, 0.3) is 0 Å². The van der Waals surface area contributed by atoms with Gasteiger partial charge in [0.1, 0.15) is 5.66 Å². The maximum Gasteiger partial charge on any atom is 0.417 e. The zero-order valence-electron chi connectivity index (χ0n) is 13.9. The van der Waals surface area contributed by atoms with Gasteiger partial charge in [0.2, 0.25) is 0 Å². The van der Waals surface area contributed by atoms with Crippen molar-refractivity contribution in [3.8, 4) is 0 Å². The summed E-state index contributed by atoms with van der Waals surface area (Å²) in [6.45, 7) is 3.61. The summed E-state index contributed by atoms with van der Waals surface area (Å²) in [6.07, 6.45) is -0.537. The SMILES string of the molecule is CCS(=O)c1cnccc1C1(C)Nc2cc(C(F)(F)F)cnc2N1C. The third kappa shape index (κ3) is 2.86. The van der Waals surface area contributed by atoms with E-state index in [1.54, 1.807) is 31.1 Å². The molecule has 1 aliphatic heterocycles. The number of nitrogens with one attached hydrogen (secondary N) is 1. The smallest absolute Gasteiger partial charge is 0.356 e. The van der Waals surface area contributed by atoms with Crippen LogP contribution in [-0.2, 0) is 22.6 Å². The minimum absolute atomic E-state index is 0.282. The van der Waals surface area contributed by atoms with Gasteiger partial charge in [0.15, 0.2) is 5.82 Å². The van der Waals surface area contributed by atoms with Crippen molar-refractivity contribution < 1.29 is 17.4 Å². The Bertz CT molecular complexity index is 842. The van der Waals surface area contributed by atoms with Gasteiger partial charge in [-0.25, -0.2) is 4.98 Å². The molecule has 0 aromatic carbocycles. The van der Waals surface area contributed by atoms with Crippen molar-refractivity contribution in [1.29, 1.82) is 0 Å². The quantitative estimate of drug-likeness (QED) is 0.898. The average Bonchev–Trinajstić information content (AvgIpc) is 2.85. The van der Waals surface area contributed by atoms with Crippen molar-refractivity contribution in [3.05, 3.63) is 41.9 Å². The number of anilines is 2. The molecule has 2 atom stereocenters. The molecule has 0 aliphatic carbocycles. The lowest BCUT2D eigenvalue weighted by Gasteiger charge is -2.35. The highest BCUT2D eigenvalue weighted by Crippen LogP contribution is 2.45. The highest BCUT2D eigenvalue weighted by Gasteiger charge is 2.43. The van der Waals surface area contributed by atoms with Crippen molar-refractivity contribution in [2.24, 2.45) is 0 Å². The second-order valence-electron chi connectivity index (χ2n) is 5.86. The van der Waals surface area contributed by atoms with Crippen LogP contribution >= 0.6 is 0 Å². The summed E-state index contributed by atoms with van der Waals surface area (Å²) in [5.74, 6) is 0.822. The van der Waals surface area contributed by atoms with Gasteiger partial charge in [-0.15, -0.1) is 0 Å². The Hall–Kier alpha value is -2.16. The van der Waals surface area contributed by atoms with Gasteiger partial charge < -0.3 is 10.2 Å². The van der Waals surface area contributed by atoms with Crippen LogP contribution in [0.2, 0.25) is 0 Å². The maximum atomic E-state index is 13.0. The fraction of sp³-hybridized carbons (Fsp3) is 0.375. The van der Waals surface area contributed by atoms with Gasteiger partial charge in [0.05, 0.1) is 26.9 Å². The van der Waals surface area contributed by atoms with Crippen LogP contribution in [0.3, 0.4) is 0 Å². The Balaban J connectivity index is 2.09. The first-order valence-electron chi connectivity index (χ1n) is 7.60. The van der Waals surface area contributed by atoms with E-state index in [2.05, 4.69) is 15.3 Å². The van der Waals surface area contributed by atoms with Gasteiger partial charge in [-0.1, -0.05) is 6.92 Å². The van der Waals surface area contributed by atoms with Crippen molar-refractivity contribution in [2.45, 2.75) is 30.6 Å². The van der Waals surface area contributed by atoms with Gasteiger partial charge >= 0.3 is 6.18 Å². The Morgan fingerprint density at radius 1 is 1.36 bits per heavy atom. The molecule has 9 heteroatoms. The van der Waals surface area contributed by atoms with Crippen LogP contribution in [-0.4, -0.2) is 27.0 Å². The molecule has 0 amide bonds. The predicted octanol–water partition coefficient (Wildman–Crippen LogP) is 3.36. The predicted molar refractivity (Wildman–Crippen MR) is 89.8 cm³/mol. The summed E-state index contributed by atoms with van der Waals surface area (Å²) in [7, 11) is 0.482. The van der Waals surface area contributed by atoms with Gasteiger partial charge in [0, 0.05) is 37.0 Å². The van der Waals surface area contributed by atoms with Crippen LogP contribution in [0.15, 0.2) is 35.6 Å². The lowest BCUT2D eigenvalue weighted by Crippen LogP contribution is -2.44. The number of aromatic nitrogens is 2. The Labute approximate surface area is 145 Å². The Morgan fingerprint density at radius 2 is 2.08 bits per heavy atom. The topological polar surface area (TPSA) is 58.1 Å². The summed E-state index contributed by atoms with van der Waals surface area (Å²) in [6, 6.07) is 2.77. The summed E-state index contributed by atoms with van der Waals surface area (Å²) < 4.78 is 51.2. The number of alkyl halides is 3. The maximum absolute atomic E-state index is 13.0. The molecule has 0 bridgehead atoms. The molecule has 0 saturated heterocycles. The summed E-state index contributed by atoms with van der Waals surface area (Å²) in [4.78, 5) is 10.3. The van der Waals surface area contributed by atoms with Crippen LogP contribution in [0.1, 0.15) is 25.0 Å². The second kappa shape index (κ2) is 5.98. The molecular weight excluding hydrogens is 353 g/mol. The molecular formula is C16H17F3N4OS. The number of hydrogen-bond donors (Lipinski definition) is 1. The number of fused-ring (bicyclic) bond motifs is 1. The minimum Gasteiger partial charge on any atom is -0.356 e. The van der Waals surface area contributed by atoms with E-state index in [9.17, 15) is 17.4 Å². The first-order chi connectivity index (χ1) is 11.7. The molecule has 0 saturated carbocycles. The monoisotopic (exact) mass is 370 g/mol. The number of rotatable bonds is 3. The molecule has 0 radical (unpaired) electrons. The molecule has 0 fully saturated rings. The fourth-order valence-electron chi connectivity index (χ4n) is 2.90. The number of halogens is 3. The molecule has 1 N–H and O–H groups in total. The van der Waals surface area contributed by atoms with Crippen molar-refractivity contribution in [1.82, 2.24) is 9.97 Å². The lowest BCUT2D eigenvalue weighted by molar-refractivity contribution is -0.137. The normalized spacial score (nSPS) is 21.0. The van der Waals surface area contributed by atoms with Crippen LogP contribution < -0.4 is 10.2 Å². The second-order valence-corrected chi connectivity index (χ2v) is 7.56. The fourth-order valence-corrected chi connectivity index (χ4v) is 3.90. The zero-order chi connectivity index (χ0) is 18.4. The van der Waals surface area contributed by atoms with Crippen LogP contribution in [0.5, 0.6) is 0 Å². The molecule has 25 heavy (non-hydrogen) atoms. The van der Waals surface area contributed by atoms with E-state index in [1.807, 2.05) is 6.92 Å². The van der Waals surface area contributed by atoms with Gasteiger partial charge in [-0.05, 0) is 19.1 Å². The molecule has 3 heterocycles. The van der Waals surface area contributed by atoms with Gasteiger partial charge in [-0.2, -0.15) is 13.2 Å². The highest BCUT2D eigenvalue weighted by molar-refractivity contribution is 7.85. The third-order valence-electron chi connectivity index (χ3n) is 4.38. The molecule has 134 valence electrons. The van der Waals surface area contributed by atoms with Gasteiger partial charge in [-0.3, -0.25) is 9.19 Å². The lowest BCUT2D eigenvalue weighted by atomic mass is 10.0. The average molecular weight is 370 g/mol. The Kier molecular flexibility index (Phi) is 4.22. The van der Waals surface area contributed by atoms with Gasteiger partial charge in [0.25, 0.3) is 0 Å². The van der Waals surface area contributed by atoms with Crippen LogP contribution in [0, 0.1) is 0 Å². The number of pyridine rings is 2. The number of hydrogen-bond acceptors (Lipinski definition) is 5. The van der Waals surface area contributed by atoms with Crippen molar-refractivity contribution in [2.75, 3.05) is 23.0 Å².